The van der Waals surface area contributed by atoms with Crippen LogP contribution >= 0.6 is 11.3 Å². The van der Waals surface area contributed by atoms with Crippen molar-refractivity contribution in [3.63, 3.8) is 0 Å². The number of carbonyl (C=O) groups excluding carboxylic acids is 1. The molecular weight excluding hydrogens is 212 g/mol. The van der Waals surface area contributed by atoms with E-state index in [0.29, 0.717) is 4.88 Å². The molecule has 1 rings (SSSR count). The maximum Gasteiger partial charge on any atom is 0.336 e. The summed E-state index contributed by atoms with van der Waals surface area (Å²) in [5, 5.41) is 9.81. The zero-order valence-corrected chi connectivity index (χ0v) is 9.63. The fraction of sp³-hybridized carbons (Fsp3) is 0.364. The molecule has 0 saturated heterocycles. The van der Waals surface area contributed by atoms with Gasteiger partial charge in [-0.3, -0.25) is 0 Å². The van der Waals surface area contributed by atoms with Gasteiger partial charge in [-0.2, -0.15) is 0 Å². The van der Waals surface area contributed by atoms with E-state index in [1.165, 1.54) is 11.3 Å². The highest BCUT2D eigenvalue weighted by Gasteiger charge is 2.20. The first kappa shape index (κ1) is 11.9. The molecule has 0 fully saturated rings. The van der Waals surface area contributed by atoms with Crippen LogP contribution in [0.5, 0.6) is 0 Å². The van der Waals surface area contributed by atoms with Crippen LogP contribution in [0.3, 0.4) is 0 Å². The lowest BCUT2D eigenvalue weighted by Crippen LogP contribution is -2.12. The molecule has 0 aromatic carbocycles. The number of aliphatic hydroxyl groups is 1. The van der Waals surface area contributed by atoms with Crippen molar-refractivity contribution in [1.82, 2.24) is 0 Å². The van der Waals surface area contributed by atoms with Gasteiger partial charge in [-0.05, 0) is 26.0 Å². The van der Waals surface area contributed by atoms with Gasteiger partial charge in [0.15, 0.2) is 0 Å². The number of hydrogen-bond acceptors (Lipinski definition) is 4. The molecule has 0 bridgehead atoms. The monoisotopic (exact) mass is 226 g/mol. The Hall–Kier alpha value is -1.13. The van der Waals surface area contributed by atoms with Crippen LogP contribution in [0.2, 0.25) is 0 Å². The van der Waals surface area contributed by atoms with Gasteiger partial charge in [-0.1, -0.05) is 6.58 Å². The van der Waals surface area contributed by atoms with Crippen LogP contribution in [-0.4, -0.2) is 17.7 Å². The molecule has 0 spiro atoms. The smallest absolute Gasteiger partial charge is 0.336 e. The summed E-state index contributed by atoms with van der Waals surface area (Å²) in [5.41, 5.74) is 0.0821. The fourth-order valence-corrected chi connectivity index (χ4v) is 2.01. The number of thiophene rings is 1. The largest absolute Gasteiger partial charge is 0.463 e. The lowest BCUT2D eigenvalue weighted by molar-refractivity contribution is -0.139. The normalized spacial score (nSPS) is 12.2. The van der Waals surface area contributed by atoms with Crippen LogP contribution in [0.25, 0.3) is 0 Å². The minimum atomic E-state index is -0.956. The third-order valence-corrected chi connectivity index (χ3v) is 2.95. The third kappa shape index (κ3) is 2.91. The van der Waals surface area contributed by atoms with E-state index in [-0.39, 0.29) is 12.2 Å². The lowest BCUT2D eigenvalue weighted by atomic mass is 10.1. The van der Waals surface area contributed by atoms with Crippen LogP contribution in [0.15, 0.2) is 24.3 Å². The lowest BCUT2D eigenvalue weighted by Gasteiger charge is -2.10. The topological polar surface area (TPSA) is 46.5 Å². The third-order valence-electron chi connectivity index (χ3n) is 1.90. The fourth-order valence-electron chi connectivity index (χ4n) is 1.11. The summed E-state index contributed by atoms with van der Waals surface area (Å²) in [6.45, 7) is 7.48. The summed E-state index contributed by atoms with van der Waals surface area (Å²) in [5.74, 6) is -0.545. The van der Waals surface area contributed by atoms with E-state index in [2.05, 4.69) is 6.58 Å². The van der Waals surface area contributed by atoms with E-state index < -0.39 is 12.1 Å². The molecule has 0 saturated carbocycles. The zero-order valence-electron chi connectivity index (χ0n) is 8.82. The second kappa shape index (κ2) is 5.09. The molecule has 1 aromatic heterocycles. The minimum Gasteiger partial charge on any atom is -0.463 e. The summed E-state index contributed by atoms with van der Waals surface area (Å²) in [6.07, 6.45) is -0.956. The average molecular weight is 226 g/mol. The Balaban J connectivity index is 2.72. The van der Waals surface area contributed by atoms with E-state index >= 15 is 0 Å². The van der Waals surface area contributed by atoms with Crippen LogP contribution in [0, 0.1) is 6.92 Å². The molecule has 0 amide bonds. The Morgan fingerprint density at radius 2 is 2.33 bits per heavy atom. The molecule has 1 atom stereocenters. The van der Waals surface area contributed by atoms with E-state index in [1.807, 2.05) is 13.0 Å². The molecule has 1 aromatic rings. The van der Waals surface area contributed by atoms with Gasteiger partial charge in [0, 0.05) is 9.75 Å². The summed E-state index contributed by atoms with van der Waals surface area (Å²) in [6, 6.07) is 3.68. The van der Waals surface area contributed by atoms with Gasteiger partial charge in [0.1, 0.15) is 6.10 Å². The molecule has 1 unspecified atom stereocenters. The van der Waals surface area contributed by atoms with Crippen molar-refractivity contribution in [3.8, 4) is 0 Å². The highest BCUT2D eigenvalue weighted by atomic mass is 32.1. The number of hydrogen-bond donors (Lipinski definition) is 1. The molecule has 82 valence electrons. The number of aliphatic hydroxyl groups excluding tert-OH is 1. The van der Waals surface area contributed by atoms with Crippen molar-refractivity contribution < 1.29 is 14.6 Å². The summed E-state index contributed by atoms with van der Waals surface area (Å²) >= 11 is 1.44. The van der Waals surface area contributed by atoms with Crippen LogP contribution in [-0.2, 0) is 9.53 Å². The van der Waals surface area contributed by atoms with Crippen molar-refractivity contribution in [1.29, 1.82) is 0 Å². The molecule has 0 aliphatic rings. The molecule has 0 radical (unpaired) electrons. The maximum atomic E-state index is 11.3. The number of ether oxygens (including phenoxy) is 1. The Labute approximate surface area is 93.0 Å². The Kier molecular flexibility index (Phi) is 4.05. The molecule has 4 heteroatoms. The number of aryl methyl sites for hydroxylation is 1. The summed E-state index contributed by atoms with van der Waals surface area (Å²) in [7, 11) is 0. The number of esters is 1. The highest BCUT2D eigenvalue weighted by molar-refractivity contribution is 7.12. The van der Waals surface area contributed by atoms with Gasteiger partial charge >= 0.3 is 5.97 Å². The predicted octanol–water partition coefficient (Wildman–Crippen LogP) is 2.21. The van der Waals surface area contributed by atoms with Gasteiger partial charge in [0.2, 0.25) is 0 Å². The highest BCUT2D eigenvalue weighted by Crippen LogP contribution is 2.27. The average Bonchev–Trinajstić information content (AvgIpc) is 2.63. The van der Waals surface area contributed by atoms with Gasteiger partial charge in [0.05, 0.1) is 12.2 Å². The van der Waals surface area contributed by atoms with Crippen molar-refractivity contribution in [3.05, 3.63) is 34.0 Å². The Morgan fingerprint density at radius 1 is 1.67 bits per heavy atom. The molecule has 3 nitrogen and oxygen atoms in total. The summed E-state index contributed by atoms with van der Waals surface area (Å²) < 4.78 is 4.76. The zero-order chi connectivity index (χ0) is 11.4. The van der Waals surface area contributed by atoms with Gasteiger partial charge in [-0.25, -0.2) is 4.79 Å². The van der Waals surface area contributed by atoms with Crippen molar-refractivity contribution in [2.24, 2.45) is 0 Å². The van der Waals surface area contributed by atoms with Crippen LogP contribution < -0.4 is 0 Å². The van der Waals surface area contributed by atoms with E-state index in [1.54, 1.807) is 13.0 Å². The van der Waals surface area contributed by atoms with E-state index in [9.17, 15) is 9.90 Å². The quantitative estimate of drug-likeness (QED) is 0.632. The molecule has 15 heavy (non-hydrogen) atoms. The summed E-state index contributed by atoms with van der Waals surface area (Å²) in [4.78, 5) is 13.1. The predicted molar refractivity (Wildman–Crippen MR) is 59.8 cm³/mol. The van der Waals surface area contributed by atoms with Gasteiger partial charge in [0.25, 0.3) is 0 Å². The standard InChI is InChI=1S/C11H14O3S/c1-4-14-11(13)8(3)10(12)9-6-5-7(2)15-9/h5-6,10,12H,3-4H2,1-2H3. The molecule has 1 heterocycles. The number of carbonyl (C=O) groups is 1. The Bertz CT molecular complexity index is 368. The molecule has 0 aliphatic heterocycles. The maximum absolute atomic E-state index is 11.3. The van der Waals surface area contributed by atoms with Gasteiger partial charge in [-0.15, -0.1) is 11.3 Å². The van der Waals surface area contributed by atoms with Crippen molar-refractivity contribution in [2.45, 2.75) is 20.0 Å². The van der Waals surface area contributed by atoms with E-state index in [4.69, 9.17) is 4.74 Å². The SMILES string of the molecule is C=C(C(=O)OCC)C(O)c1ccc(C)s1. The molecule has 0 aliphatic carbocycles. The van der Waals surface area contributed by atoms with Crippen LogP contribution in [0.4, 0.5) is 0 Å². The minimum absolute atomic E-state index is 0.0821. The number of rotatable bonds is 4. The molecular formula is C11H14O3S. The Morgan fingerprint density at radius 3 is 2.80 bits per heavy atom. The van der Waals surface area contributed by atoms with Crippen LogP contribution in [0.1, 0.15) is 22.8 Å². The van der Waals surface area contributed by atoms with Gasteiger partial charge < -0.3 is 9.84 Å². The first-order valence-electron chi connectivity index (χ1n) is 4.66. The first-order chi connectivity index (χ1) is 7.06. The second-order valence-corrected chi connectivity index (χ2v) is 4.42. The van der Waals surface area contributed by atoms with E-state index in [0.717, 1.165) is 4.88 Å². The second-order valence-electron chi connectivity index (χ2n) is 3.10. The van der Waals surface area contributed by atoms with Crippen molar-refractivity contribution in [2.75, 3.05) is 6.61 Å². The molecule has 1 N–H and O–H groups in total. The van der Waals surface area contributed by atoms with Crippen molar-refractivity contribution >= 4 is 17.3 Å². The first-order valence-corrected chi connectivity index (χ1v) is 5.48.